The fraction of sp³-hybridized carbons (Fsp3) is 0.235. The van der Waals surface area contributed by atoms with Gasteiger partial charge in [-0.25, -0.2) is 0 Å². The number of rotatable bonds is 1. The number of amides is 3. The number of hydrogen-bond donors (Lipinski definition) is 1. The Morgan fingerprint density at radius 1 is 1.13 bits per heavy atom. The summed E-state index contributed by atoms with van der Waals surface area (Å²) < 4.78 is 0.917. The predicted octanol–water partition coefficient (Wildman–Crippen LogP) is 2.37. The molecule has 3 aliphatic heterocycles. The van der Waals surface area contributed by atoms with Crippen molar-refractivity contribution >= 4 is 50.1 Å². The number of halogens is 1. The monoisotopic (exact) mass is 370 g/mol. The molecule has 2 bridgehead atoms. The van der Waals surface area contributed by atoms with Crippen LogP contribution in [-0.2, 0) is 9.59 Å². The first kappa shape index (κ1) is 13.2. The zero-order valence-corrected chi connectivity index (χ0v) is 13.5. The average Bonchev–Trinajstić information content (AvgIpc) is 2.77. The number of hydrogen-bond acceptors (Lipinski definition) is 3. The van der Waals surface area contributed by atoms with Crippen molar-refractivity contribution in [1.29, 1.82) is 0 Å². The largest absolute Gasteiger partial charge is 0.294 e. The normalized spacial score (nSPS) is 28.1. The number of anilines is 1. The maximum atomic E-state index is 13.0. The first-order valence-corrected chi connectivity index (χ1v) is 8.23. The molecule has 6 heteroatoms. The standard InChI is InChI=1S/C17H11BrN2O3/c18-11-4-5-12-13-9(11)2-1-3-10(13)15(22)20(12)17-6-8(7-17)14(21)19-16(17)23/h1-5,8H,6-7H2,(H,19,21,23). The summed E-state index contributed by atoms with van der Waals surface area (Å²) in [6, 6.07) is 9.35. The van der Waals surface area contributed by atoms with Crippen molar-refractivity contribution in [2.45, 2.75) is 18.4 Å². The lowest BCUT2D eigenvalue weighted by molar-refractivity contribution is -0.150. The lowest BCUT2D eigenvalue weighted by Crippen LogP contribution is -2.74. The lowest BCUT2D eigenvalue weighted by atomic mass is 9.63. The van der Waals surface area contributed by atoms with Crippen LogP contribution in [0.25, 0.3) is 10.8 Å². The number of carbonyl (C=O) groups excluding carboxylic acids is 3. The van der Waals surface area contributed by atoms with Gasteiger partial charge in [0.2, 0.25) is 5.91 Å². The Labute approximate surface area is 139 Å². The van der Waals surface area contributed by atoms with Gasteiger partial charge in [0.15, 0.2) is 0 Å². The minimum absolute atomic E-state index is 0.161. The molecule has 2 aromatic carbocycles. The van der Waals surface area contributed by atoms with Gasteiger partial charge in [0.05, 0.1) is 5.69 Å². The Morgan fingerprint density at radius 3 is 2.65 bits per heavy atom. The van der Waals surface area contributed by atoms with Crippen LogP contribution in [0.4, 0.5) is 5.69 Å². The molecular weight excluding hydrogens is 360 g/mol. The molecule has 5 nitrogen and oxygen atoms in total. The molecule has 2 saturated heterocycles. The molecule has 1 aliphatic carbocycles. The summed E-state index contributed by atoms with van der Waals surface area (Å²) in [7, 11) is 0. The molecule has 3 amide bonds. The minimum Gasteiger partial charge on any atom is -0.294 e. The minimum atomic E-state index is -0.921. The highest BCUT2D eigenvalue weighted by molar-refractivity contribution is 9.10. The van der Waals surface area contributed by atoms with Crippen LogP contribution in [0.3, 0.4) is 0 Å². The van der Waals surface area contributed by atoms with Crippen LogP contribution >= 0.6 is 15.9 Å². The zero-order chi connectivity index (χ0) is 15.9. The quantitative estimate of drug-likeness (QED) is 0.783. The molecule has 1 N–H and O–H groups in total. The summed E-state index contributed by atoms with van der Waals surface area (Å²) in [6.07, 6.45) is 0.823. The van der Waals surface area contributed by atoms with Crippen molar-refractivity contribution in [3.05, 3.63) is 40.4 Å². The van der Waals surface area contributed by atoms with Crippen LogP contribution in [-0.4, -0.2) is 23.3 Å². The second-order valence-corrected chi connectivity index (χ2v) is 7.24. The second kappa shape index (κ2) is 4.00. The highest BCUT2D eigenvalue weighted by Crippen LogP contribution is 2.52. The summed E-state index contributed by atoms with van der Waals surface area (Å²) in [5.74, 6) is -0.911. The van der Waals surface area contributed by atoms with E-state index in [-0.39, 0.29) is 23.6 Å². The molecule has 114 valence electrons. The van der Waals surface area contributed by atoms with Crippen molar-refractivity contribution < 1.29 is 14.4 Å². The molecule has 3 fully saturated rings. The number of imide groups is 1. The second-order valence-electron chi connectivity index (χ2n) is 6.39. The third kappa shape index (κ3) is 1.40. The van der Waals surface area contributed by atoms with E-state index in [0.29, 0.717) is 18.4 Å². The van der Waals surface area contributed by atoms with Gasteiger partial charge in [-0.3, -0.25) is 24.6 Å². The molecule has 2 aromatic rings. The fourth-order valence-corrected chi connectivity index (χ4v) is 4.58. The van der Waals surface area contributed by atoms with Crippen LogP contribution in [0.1, 0.15) is 23.2 Å². The first-order valence-electron chi connectivity index (χ1n) is 7.44. The van der Waals surface area contributed by atoms with E-state index in [9.17, 15) is 14.4 Å². The highest BCUT2D eigenvalue weighted by Gasteiger charge is 2.63. The van der Waals surface area contributed by atoms with Crippen molar-refractivity contribution in [2.75, 3.05) is 4.90 Å². The van der Waals surface area contributed by atoms with E-state index >= 15 is 0 Å². The first-order chi connectivity index (χ1) is 11.0. The van der Waals surface area contributed by atoms with Gasteiger partial charge in [0.1, 0.15) is 5.54 Å². The lowest BCUT2D eigenvalue weighted by Gasteiger charge is -2.54. The van der Waals surface area contributed by atoms with Gasteiger partial charge in [0.25, 0.3) is 11.8 Å². The topological polar surface area (TPSA) is 66.5 Å². The predicted molar refractivity (Wildman–Crippen MR) is 87.1 cm³/mol. The van der Waals surface area contributed by atoms with Crippen LogP contribution in [0.15, 0.2) is 34.8 Å². The Kier molecular flexibility index (Phi) is 2.30. The summed E-state index contributed by atoms with van der Waals surface area (Å²) >= 11 is 3.52. The van der Waals surface area contributed by atoms with E-state index < -0.39 is 5.54 Å². The smallest absolute Gasteiger partial charge is 0.259 e. The molecule has 0 aromatic heterocycles. The number of nitrogens with zero attached hydrogens (tertiary/aromatic N) is 1. The SMILES string of the molecule is O=C1NC(=O)C2(N3C(=O)c4cccc5c(Br)ccc3c45)CC1C2. The summed E-state index contributed by atoms with van der Waals surface area (Å²) in [5, 5.41) is 4.23. The fourth-order valence-electron chi connectivity index (χ4n) is 4.11. The summed E-state index contributed by atoms with van der Waals surface area (Å²) in [5.41, 5.74) is 0.447. The number of benzene rings is 2. The highest BCUT2D eigenvalue weighted by atomic mass is 79.9. The Balaban J connectivity index is 1.74. The van der Waals surface area contributed by atoms with Crippen LogP contribution in [0, 0.1) is 5.92 Å². The molecule has 23 heavy (non-hydrogen) atoms. The van der Waals surface area contributed by atoms with Gasteiger partial charge in [-0.05, 0) is 36.4 Å². The zero-order valence-electron chi connectivity index (χ0n) is 11.9. The van der Waals surface area contributed by atoms with E-state index in [1.165, 1.54) is 0 Å². The van der Waals surface area contributed by atoms with E-state index in [2.05, 4.69) is 21.2 Å². The Hall–Kier alpha value is -2.21. The summed E-state index contributed by atoms with van der Waals surface area (Å²) in [6.45, 7) is 0. The third-order valence-electron chi connectivity index (χ3n) is 5.27. The molecule has 0 spiro atoms. The maximum absolute atomic E-state index is 13.0. The molecule has 0 unspecified atom stereocenters. The van der Waals surface area contributed by atoms with Gasteiger partial charge < -0.3 is 0 Å². The van der Waals surface area contributed by atoms with Gasteiger partial charge in [-0.15, -0.1) is 0 Å². The van der Waals surface area contributed by atoms with Crippen molar-refractivity contribution in [3.63, 3.8) is 0 Å². The van der Waals surface area contributed by atoms with E-state index in [0.717, 1.165) is 20.9 Å². The van der Waals surface area contributed by atoms with Gasteiger partial charge in [-0.2, -0.15) is 0 Å². The van der Waals surface area contributed by atoms with E-state index in [1.807, 2.05) is 24.3 Å². The number of piperidine rings is 2. The maximum Gasteiger partial charge on any atom is 0.259 e. The summed E-state index contributed by atoms with van der Waals surface area (Å²) in [4.78, 5) is 38.8. The molecule has 0 radical (unpaired) electrons. The molecular formula is C17H11BrN2O3. The van der Waals surface area contributed by atoms with Gasteiger partial charge in [0, 0.05) is 21.3 Å². The number of carbonyl (C=O) groups is 3. The number of fused-ring (bicyclic) bond motifs is 2. The van der Waals surface area contributed by atoms with Gasteiger partial charge >= 0.3 is 0 Å². The van der Waals surface area contributed by atoms with Crippen LogP contribution < -0.4 is 10.2 Å². The molecule has 3 heterocycles. The molecule has 6 rings (SSSR count). The molecule has 4 aliphatic rings. The average molecular weight is 371 g/mol. The van der Waals surface area contributed by atoms with Crippen molar-refractivity contribution in [3.8, 4) is 0 Å². The molecule has 1 saturated carbocycles. The van der Waals surface area contributed by atoms with Crippen molar-refractivity contribution in [1.82, 2.24) is 5.32 Å². The Bertz CT molecular complexity index is 946. The van der Waals surface area contributed by atoms with Crippen LogP contribution in [0.2, 0.25) is 0 Å². The van der Waals surface area contributed by atoms with E-state index in [1.54, 1.807) is 11.0 Å². The van der Waals surface area contributed by atoms with Gasteiger partial charge in [-0.1, -0.05) is 28.1 Å². The third-order valence-corrected chi connectivity index (χ3v) is 5.96. The molecule has 0 atom stereocenters. The Morgan fingerprint density at radius 2 is 1.91 bits per heavy atom. The van der Waals surface area contributed by atoms with E-state index in [4.69, 9.17) is 0 Å². The van der Waals surface area contributed by atoms with Crippen LogP contribution in [0.5, 0.6) is 0 Å². The van der Waals surface area contributed by atoms with Crippen molar-refractivity contribution in [2.24, 2.45) is 5.92 Å². The number of nitrogens with one attached hydrogen (secondary N) is 1.